The minimum absolute atomic E-state index is 0.325. The number of rotatable bonds is 9. The predicted molar refractivity (Wildman–Crippen MR) is 103 cm³/mol. The average Bonchev–Trinajstić information content (AvgIpc) is 2.67. The molecule has 0 N–H and O–H groups in total. The van der Waals surface area contributed by atoms with Crippen molar-refractivity contribution in [1.29, 1.82) is 0 Å². The van der Waals surface area contributed by atoms with E-state index < -0.39 is 4.92 Å². The Hall–Kier alpha value is -3.22. The first-order valence-electron chi connectivity index (χ1n) is 8.53. The summed E-state index contributed by atoms with van der Waals surface area (Å²) in [7, 11) is 3.00. The number of hydrogen-bond acceptors (Lipinski definition) is 6. The molecule has 0 atom stereocenters. The van der Waals surface area contributed by atoms with Crippen molar-refractivity contribution in [3.8, 4) is 34.1 Å². The maximum absolute atomic E-state index is 11.0. The van der Waals surface area contributed by atoms with Crippen molar-refractivity contribution in [2.75, 3.05) is 27.4 Å². The highest BCUT2D eigenvalue weighted by Gasteiger charge is 2.28. The van der Waals surface area contributed by atoms with Gasteiger partial charge in [-0.15, -0.1) is 0 Å². The second kappa shape index (κ2) is 9.47. The lowest BCUT2D eigenvalue weighted by Crippen LogP contribution is -2.06. The molecule has 0 aromatic heterocycles. The number of ether oxygens (including phenoxy) is 4. The van der Waals surface area contributed by atoms with Gasteiger partial charge in [0.25, 0.3) is 0 Å². The number of nitro groups is 1. The number of hydrogen-bond donors (Lipinski definition) is 0. The lowest BCUT2D eigenvalue weighted by Gasteiger charge is -2.23. The normalized spacial score (nSPS) is 10.7. The van der Waals surface area contributed by atoms with Crippen molar-refractivity contribution in [2.45, 2.75) is 13.8 Å². The molecule has 144 valence electrons. The van der Waals surface area contributed by atoms with Gasteiger partial charge in [-0.05, 0) is 19.4 Å². The fraction of sp³-hybridized carbons (Fsp3) is 0.300. The molecule has 0 spiro atoms. The Morgan fingerprint density at radius 1 is 0.926 bits per heavy atom. The summed E-state index contributed by atoms with van der Waals surface area (Å²) in [6, 6.07) is 9.43. The highest BCUT2D eigenvalue weighted by molar-refractivity contribution is 5.89. The van der Waals surface area contributed by atoms with Crippen molar-refractivity contribution in [1.82, 2.24) is 0 Å². The molecule has 7 nitrogen and oxygen atoms in total. The van der Waals surface area contributed by atoms with Crippen molar-refractivity contribution in [3.05, 3.63) is 52.2 Å². The van der Waals surface area contributed by atoms with Crippen LogP contribution in [0.4, 0.5) is 0 Å². The minimum atomic E-state index is -0.526. The fourth-order valence-electron chi connectivity index (χ4n) is 2.80. The predicted octanol–water partition coefficient (Wildman–Crippen LogP) is 4.42. The van der Waals surface area contributed by atoms with Crippen molar-refractivity contribution < 1.29 is 23.9 Å². The molecule has 7 heteroatoms. The van der Waals surface area contributed by atoms with E-state index in [0.717, 1.165) is 11.8 Å². The van der Waals surface area contributed by atoms with Gasteiger partial charge in [0.1, 0.15) is 0 Å². The molecular formula is C20H23NO6. The number of nitrogens with zero attached hydrogens (tertiary/aromatic N) is 1. The Morgan fingerprint density at radius 2 is 1.48 bits per heavy atom. The van der Waals surface area contributed by atoms with E-state index in [-0.39, 0.29) is 0 Å². The van der Waals surface area contributed by atoms with Crippen molar-refractivity contribution in [3.63, 3.8) is 0 Å². The van der Waals surface area contributed by atoms with Crippen LogP contribution in [0.5, 0.6) is 23.0 Å². The minimum Gasteiger partial charge on any atom is -0.490 e. The number of methoxy groups -OCH3 is 2. The molecule has 2 aromatic carbocycles. The third-order valence-electron chi connectivity index (χ3n) is 3.77. The summed E-state index contributed by atoms with van der Waals surface area (Å²) >= 11 is 0. The smallest absolute Gasteiger partial charge is 0.235 e. The molecule has 2 rings (SSSR count). The van der Waals surface area contributed by atoms with E-state index in [9.17, 15) is 10.1 Å². The molecule has 0 unspecified atom stereocenters. The van der Waals surface area contributed by atoms with Gasteiger partial charge in [0.2, 0.25) is 17.7 Å². The van der Waals surface area contributed by atoms with Crippen LogP contribution in [0.3, 0.4) is 0 Å². The van der Waals surface area contributed by atoms with Gasteiger partial charge in [0.05, 0.1) is 32.4 Å². The molecule has 0 heterocycles. The quantitative estimate of drug-likeness (QED) is 0.478. The maximum Gasteiger partial charge on any atom is 0.235 e. The van der Waals surface area contributed by atoms with Crippen LogP contribution in [0.2, 0.25) is 0 Å². The maximum atomic E-state index is 11.0. The van der Waals surface area contributed by atoms with E-state index in [4.69, 9.17) is 18.9 Å². The van der Waals surface area contributed by atoms with Gasteiger partial charge in [-0.1, -0.05) is 30.3 Å². The topological polar surface area (TPSA) is 80.1 Å². The van der Waals surface area contributed by atoms with E-state index in [1.807, 2.05) is 44.2 Å². The highest BCUT2D eigenvalue weighted by Crippen LogP contribution is 2.53. The first-order valence-corrected chi connectivity index (χ1v) is 8.53. The summed E-state index contributed by atoms with van der Waals surface area (Å²) in [6.45, 7) is 4.40. The Balaban J connectivity index is 2.98. The van der Waals surface area contributed by atoms with Gasteiger partial charge in [0, 0.05) is 17.2 Å². The summed E-state index contributed by atoms with van der Waals surface area (Å²) in [5, 5.41) is 11.0. The molecule has 2 aromatic rings. The van der Waals surface area contributed by atoms with Crippen LogP contribution in [0, 0.1) is 10.1 Å². The highest BCUT2D eigenvalue weighted by atomic mass is 16.6. The molecule has 0 bridgehead atoms. The van der Waals surface area contributed by atoms with Crippen LogP contribution < -0.4 is 18.9 Å². The molecule has 0 fully saturated rings. The lowest BCUT2D eigenvalue weighted by atomic mass is 9.96. The summed E-state index contributed by atoms with van der Waals surface area (Å²) in [6.07, 6.45) is 2.25. The van der Waals surface area contributed by atoms with E-state index in [0.29, 0.717) is 47.3 Å². The van der Waals surface area contributed by atoms with Crippen LogP contribution in [-0.4, -0.2) is 32.4 Å². The SMILES string of the molecule is CCOc1c(C=C[N+](=O)[O-])c(-c2ccccc2)c(OCC)c(OC)c1OC. The molecular weight excluding hydrogens is 350 g/mol. The Kier molecular flexibility index (Phi) is 7.05. The van der Waals surface area contributed by atoms with Gasteiger partial charge in [-0.25, -0.2) is 0 Å². The van der Waals surface area contributed by atoms with Crippen molar-refractivity contribution in [2.24, 2.45) is 0 Å². The van der Waals surface area contributed by atoms with Gasteiger partial charge < -0.3 is 18.9 Å². The molecule has 0 saturated carbocycles. The Bertz CT molecular complexity index is 817. The molecule has 0 saturated heterocycles. The summed E-state index contributed by atoms with van der Waals surface area (Å²) in [4.78, 5) is 10.4. The third-order valence-corrected chi connectivity index (χ3v) is 3.77. The monoisotopic (exact) mass is 373 g/mol. The Morgan fingerprint density at radius 3 is 2.00 bits per heavy atom. The third kappa shape index (κ3) is 4.31. The molecule has 0 aliphatic carbocycles. The van der Waals surface area contributed by atoms with Gasteiger partial charge in [0.15, 0.2) is 11.5 Å². The van der Waals surface area contributed by atoms with Crippen molar-refractivity contribution >= 4 is 6.08 Å². The molecule has 0 radical (unpaired) electrons. The fourth-order valence-corrected chi connectivity index (χ4v) is 2.80. The lowest BCUT2D eigenvalue weighted by molar-refractivity contribution is -0.400. The zero-order chi connectivity index (χ0) is 19.8. The standard InChI is InChI=1S/C20H23NO6/c1-5-26-17-15(12-13-21(22)23)16(14-10-8-7-9-11-14)18(27-6-2)20(25-4)19(17)24-3/h7-13H,5-6H2,1-4H3. The van der Waals surface area contributed by atoms with Gasteiger partial charge >= 0.3 is 0 Å². The summed E-state index contributed by atoms with van der Waals surface area (Å²) in [5.41, 5.74) is 1.93. The average molecular weight is 373 g/mol. The van der Waals surface area contributed by atoms with Crippen LogP contribution in [-0.2, 0) is 0 Å². The molecule has 0 amide bonds. The van der Waals surface area contributed by atoms with Gasteiger partial charge in [-0.3, -0.25) is 10.1 Å². The van der Waals surface area contributed by atoms with Crippen LogP contribution in [0.15, 0.2) is 36.5 Å². The zero-order valence-electron chi connectivity index (χ0n) is 15.9. The molecule has 0 aliphatic rings. The summed E-state index contributed by atoms with van der Waals surface area (Å²) < 4.78 is 22.7. The van der Waals surface area contributed by atoms with Gasteiger partial charge in [-0.2, -0.15) is 0 Å². The second-order valence-electron chi connectivity index (χ2n) is 5.35. The first kappa shape index (κ1) is 20.1. The number of benzene rings is 2. The molecule has 27 heavy (non-hydrogen) atoms. The zero-order valence-corrected chi connectivity index (χ0v) is 15.9. The Labute approximate surface area is 158 Å². The van der Waals surface area contributed by atoms with E-state index in [1.54, 1.807) is 0 Å². The van der Waals surface area contributed by atoms with E-state index in [2.05, 4.69) is 0 Å². The largest absolute Gasteiger partial charge is 0.490 e. The van der Waals surface area contributed by atoms with E-state index in [1.165, 1.54) is 20.3 Å². The van der Waals surface area contributed by atoms with Crippen LogP contribution in [0.1, 0.15) is 19.4 Å². The second-order valence-corrected chi connectivity index (χ2v) is 5.35. The van der Waals surface area contributed by atoms with E-state index >= 15 is 0 Å². The van der Waals surface area contributed by atoms with Crippen LogP contribution >= 0.6 is 0 Å². The summed E-state index contributed by atoms with van der Waals surface area (Å²) in [5.74, 6) is 1.50. The van der Waals surface area contributed by atoms with Crippen LogP contribution in [0.25, 0.3) is 17.2 Å². The molecule has 0 aliphatic heterocycles. The first-order chi connectivity index (χ1) is 13.1.